The second kappa shape index (κ2) is 30.3. The summed E-state index contributed by atoms with van der Waals surface area (Å²) in [7, 11) is 0. The first-order chi connectivity index (χ1) is 14.2. The van der Waals surface area contributed by atoms with Gasteiger partial charge < -0.3 is 19.7 Å². The zero-order chi connectivity index (χ0) is 22.9. The third kappa shape index (κ3) is 21.8. The van der Waals surface area contributed by atoms with E-state index in [1.807, 2.05) is 0 Å². The number of hydrogen-bond donors (Lipinski definition) is 2. The summed E-state index contributed by atoms with van der Waals surface area (Å²) in [4.78, 5) is 10.4. The van der Waals surface area contributed by atoms with E-state index in [2.05, 4.69) is 26.9 Å². The third-order valence-electron chi connectivity index (χ3n) is 4.63. The Labute approximate surface area is 192 Å². The van der Waals surface area contributed by atoms with Crippen molar-refractivity contribution in [1.29, 1.82) is 0 Å². The van der Waals surface area contributed by atoms with Gasteiger partial charge in [0, 0.05) is 23.5 Å². The normalized spacial score (nSPS) is 15.5. The van der Waals surface area contributed by atoms with Crippen molar-refractivity contribution in [1.82, 2.24) is 0 Å². The van der Waals surface area contributed by atoms with Gasteiger partial charge in [-0.15, -0.1) is 0 Å². The van der Waals surface area contributed by atoms with E-state index in [-0.39, 0.29) is 23.2 Å². The Bertz CT molecular complexity index is 392. The molecule has 0 aromatic heterocycles. The molecule has 2 N–H and O–H groups in total. The average molecular weight is 464 g/mol. The summed E-state index contributed by atoms with van der Waals surface area (Å²) in [6.45, 7) is 17.1. The Balaban J connectivity index is -0.000000441. The Morgan fingerprint density at radius 1 is 1.03 bits per heavy atom. The predicted molar refractivity (Wildman–Crippen MR) is 103 cm³/mol. The molecule has 1 fully saturated rings. The summed E-state index contributed by atoms with van der Waals surface area (Å²) < 4.78 is 27.4. The molecule has 1 aliphatic carbocycles. The SMILES string of the molecule is CCCCC[C@H]([CH][CH][CH][C@@H](O)C[C@@H](O)C1CCCCC1)O[C-]=O.[C-]#[O+].[C-]#[O+].[C-]#[O+].[Fe]. The maximum atomic E-state index is 10.4. The molecule has 0 saturated heterocycles. The first kappa shape index (κ1) is 36.5. The number of aliphatic hydroxyl groups is 2. The number of unbranched alkanes of at least 4 members (excludes halogenated alkanes) is 2. The molecule has 0 bridgehead atoms. The quantitative estimate of drug-likeness (QED) is 0.188. The van der Waals surface area contributed by atoms with E-state index in [0.717, 1.165) is 38.5 Å². The fourth-order valence-corrected chi connectivity index (χ4v) is 3.21. The van der Waals surface area contributed by atoms with Crippen LogP contribution < -0.4 is 0 Å². The molecule has 3 radical (unpaired) electrons. The van der Waals surface area contributed by atoms with E-state index in [1.165, 1.54) is 25.7 Å². The molecule has 0 aromatic rings. The number of carbonyl (C=O) groups excluding carboxylic acids is 1. The summed E-state index contributed by atoms with van der Waals surface area (Å²) in [6, 6.07) is 0. The maximum absolute atomic E-state index is 10.4. The van der Waals surface area contributed by atoms with Gasteiger partial charge in [-0.05, 0) is 50.9 Å². The molecule has 30 heavy (non-hydrogen) atoms. The fraction of sp³-hybridized carbons (Fsp3) is 0.682. The Morgan fingerprint density at radius 2 is 1.60 bits per heavy atom. The Kier molecular flexibility index (Phi) is 36.9. The van der Waals surface area contributed by atoms with Crippen LogP contribution in [0.25, 0.3) is 0 Å². The van der Waals surface area contributed by atoms with Gasteiger partial charge >= 0.3 is 33.9 Å². The van der Waals surface area contributed by atoms with Crippen LogP contribution in [0.2, 0.25) is 0 Å². The molecule has 0 aliphatic heterocycles. The van der Waals surface area contributed by atoms with E-state index in [9.17, 15) is 15.0 Å². The monoisotopic (exact) mass is 464 g/mol. The number of aliphatic hydroxyl groups excluding tert-OH is 2. The largest absolute Gasteiger partial charge is 0 e. The smallest absolute Gasteiger partial charge is 0 e. The number of rotatable bonds is 13. The first-order valence-electron chi connectivity index (χ1n) is 9.69. The van der Waals surface area contributed by atoms with Crippen molar-refractivity contribution in [2.24, 2.45) is 5.92 Å². The van der Waals surface area contributed by atoms with Gasteiger partial charge in [-0.3, -0.25) is 0 Å². The van der Waals surface area contributed by atoms with Crippen LogP contribution in [0.4, 0.5) is 0 Å². The van der Waals surface area contributed by atoms with Crippen LogP contribution in [0.15, 0.2) is 0 Å². The summed E-state index contributed by atoms with van der Waals surface area (Å²) in [6.07, 6.45) is 13.9. The standard InChI is InChI=1S/C19H32O4.3CO.Fe/c1-2-3-5-12-18(23-15-20)13-8-11-17(21)14-19(22)16-9-6-4-7-10-16;3*1-2;/h8,11,13,16-19,21-22H,2-7,9-10,12,14H2,1H3;;;;/q-1;;;;/t17-,18-,19-;;;;/m1..../s1. The Hall–Kier alpha value is -0.871. The van der Waals surface area contributed by atoms with Crippen LogP contribution in [0.3, 0.4) is 0 Å². The van der Waals surface area contributed by atoms with Crippen LogP contribution in [0.5, 0.6) is 0 Å². The van der Waals surface area contributed by atoms with Gasteiger partial charge in [-0.25, -0.2) is 0 Å². The minimum Gasteiger partial charge on any atom is 0 e. The molecule has 0 heterocycles. The van der Waals surface area contributed by atoms with Gasteiger partial charge in [0.15, 0.2) is 0 Å². The molecular weight excluding hydrogens is 432 g/mol. The second-order valence-corrected chi connectivity index (χ2v) is 6.58. The van der Waals surface area contributed by atoms with Crippen molar-refractivity contribution >= 4 is 6.47 Å². The van der Waals surface area contributed by atoms with E-state index >= 15 is 0 Å². The minimum atomic E-state index is -0.667. The minimum absolute atomic E-state index is 0. The van der Waals surface area contributed by atoms with Gasteiger partial charge in [0.25, 0.3) is 0 Å². The van der Waals surface area contributed by atoms with E-state index in [1.54, 1.807) is 19.3 Å². The van der Waals surface area contributed by atoms with Crippen LogP contribution in [-0.2, 0) is 40.6 Å². The maximum Gasteiger partial charge on any atom is 0 e. The van der Waals surface area contributed by atoms with Crippen molar-refractivity contribution in [3.05, 3.63) is 39.2 Å². The molecule has 0 unspecified atom stereocenters. The van der Waals surface area contributed by atoms with Gasteiger partial charge in [-0.2, -0.15) is 0 Å². The van der Waals surface area contributed by atoms with Crippen molar-refractivity contribution < 1.29 is 50.8 Å². The zero-order valence-electron chi connectivity index (χ0n) is 17.4. The van der Waals surface area contributed by atoms with Crippen LogP contribution in [0.1, 0.15) is 71.1 Å². The summed E-state index contributed by atoms with van der Waals surface area (Å²) in [5, 5.41) is 20.2. The van der Waals surface area contributed by atoms with Crippen molar-refractivity contribution in [2.45, 2.75) is 89.4 Å². The van der Waals surface area contributed by atoms with Crippen LogP contribution in [0, 0.1) is 45.1 Å². The molecule has 1 aliphatic rings. The van der Waals surface area contributed by atoms with Crippen molar-refractivity contribution in [3.8, 4) is 0 Å². The predicted octanol–water partition coefficient (Wildman–Crippen LogP) is 3.21. The van der Waals surface area contributed by atoms with E-state index in [4.69, 9.17) is 18.7 Å². The first-order valence-corrected chi connectivity index (χ1v) is 9.69. The molecule has 1 rings (SSSR count). The van der Waals surface area contributed by atoms with Gasteiger partial charge in [-0.1, -0.05) is 45.5 Å². The summed E-state index contributed by atoms with van der Waals surface area (Å²) in [5.74, 6) is 0.325. The summed E-state index contributed by atoms with van der Waals surface area (Å²) in [5.41, 5.74) is 0. The van der Waals surface area contributed by atoms with Gasteiger partial charge in [0.2, 0.25) is 0 Å². The molecule has 1 saturated carbocycles. The number of hydrogen-bond acceptors (Lipinski definition) is 4. The van der Waals surface area contributed by atoms with Gasteiger partial charge in [0.1, 0.15) is 0 Å². The van der Waals surface area contributed by atoms with E-state index in [0.29, 0.717) is 12.3 Å². The molecule has 0 spiro atoms. The molecule has 171 valence electrons. The third-order valence-corrected chi connectivity index (χ3v) is 4.63. The van der Waals surface area contributed by atoms with Crippen LogP contribution >= 0.6 is 0 Å². The van der Waals surface area contributed by atoms with Gasteiger partial charge in [0.05, 0.1) is 18.3 Å². The molecule has 3 atom stereocenters. The van der Waals surface area contributed by atoms with E-state index < -0.39 is 12.2 Å². The molecular formula is C22H32FeO7-. The van der Waals surface area contributed by atoms with Crippen LogP contribution in [-0.4, -0.2) is 35.0 Å². The second-order valence-electron chi connectivity index (χ2n) is 6.58. The number of ether oxygens (including phenoxy) is 1. The molecule has 8 heteroatoms. The molecule has 0 aromatic carbocycles. The van der Waals surface area contributed by atoms with Crippen molar-refractivity contribution in [3.63, 3.8) is 0 Å². The molecule has 0 amide bonds. The summed E-state index contributed by atoms with van der Waals surface area (Å²) >= 11 is 0. The average Bonchev–Trinajstić information content (AvgIpc) is 2.78. The Morgan fingerprint density at radius 3 is 2.10 bits per heavy atom. The fourth-order valence-electron chi connectivity index (χ4n) is 3.21. The molecule has 7 nitrogen and oxygen atoms in total. The zero-order valence-corrected chi connectivity index (χ0v) is 18.5. The van der Waals surface area contributed by atoms with Crippen molar-refractivity contribution in [2.75, 3.05) is 0 Å². The topological polar surface area (TPSA) is 126 Å².